The van der Waals surface area contributed by atoms with Gasteiger partial charge < -0.3 is 10.5 Å². The number of hydrogen-bond donors (Lipinski definition) is 1. The molecule has 124 valence electrons. The highest BCUT2D eigenvalue weighted by atomic mass is 79.9. The molecule has 2 atom stereocenters. The van der Waals surface area contributed by atoms with Gasteiger partial charge in [0.2, 0.25) is 0 Å². The number of nitrogen functional groups attached to an aromatic ring is 1. The molecule has 6 nitrogen and oxygen atoms in total. The van der Waals surface area contributed by atoms with Gasteiger partial charge in [-0.3, -0.25) is 9.20 Å². The second kappa shape index (κ2) is 5.78. The molecule has 7 heteroatoms. The van der Waals surface area contributed by atoms with E-state index < -0.39 is 5.41 Å². The summed E-state index contributed by atoms with van der Waals surface area (Å²) in [4.78, 5) is 21.2. The summed E-state index contributed by atoms with van der Waals surface area (Å²) >= 11 is 3.47. The highest BCUT2D eigenvalue weighted by Crippen LogP contribution is 2.51. The average molecular weight is 381 g/mol. The number of methoxy groups -OCH3 is 1. The summed E-state index contributed by atoms with van der Waals surface area (Å²) in [5, 5.41) is 0. The molecule has 3 rings (SSSR count). The van der Waals surface area contributed by atoms with E-state index in [2.05, 4.69) is 39.7 Å². The number of anilines is 1. The molecule has 0 spiro atoms. The van der Waals surface area contributed by atoms with Gasteiger partial charge in [-0.15, -0.1) is 0 Å². The Hall–Kier alpha value is -1.63. The number of carbonyl (C=O) groups excluding carboxylic acids is 1. The fourth-order valence-electron chi connectivity index (χ4n) is 3.78. The molecule has 0 radical (unpaired) electrons. The first-order chi connectivity index (χ1) is 10.9. The Morgan fingerprint density at radius 2 is 2.30 bits per heavy atom. The van der Waals surface area contributed by atoms with Gasteiger partial charge in [-0.05, 0) is 41.1 Å². The third-order valence-corrected chi connectivity index (χ3v) is 5.73. The Morgan fingerprint density at radius 3 is 2.96 bits per heavy atom. The lowest BCUT2D eigenvalue weighted by atomic mass is 9.75. The molecule has 2 N–H and O–H groups in total. The van der Waals surface area contributed by atoms with E-state index in [0.29, 0.717) is 10.4 Å². The smallest absolute Gasteiger partial charge is 0.312 e. The maximum atomic E-state index is 12.4. The van der Waals surface area contributed by atoms with Crippen LogP contribution in [0.25, 0.3) is 5.52 Å². The Balaban J connectivity index is 2.02. The number of ether oxygens (including phenoxy) is 1. The maximum Gasteiger partial charge on any atom is 0.312 e. The third kappa shape index (κ3) is 2.41. The normalized spacial score (nSPS) is 24.5. The van der Waals surface area contributed by atoms with E-state index in [-0.39, 0.29) is 17.8 Å². The summed E-state index contributed by atoms with van der Waals surface area (Å²) in [5.74, 6) is 1.67. The van der Waals surface area contributed by atoms with Crippen LogP contribution < -0.4 is 5.73 Å². The highest BCUT2D eigenvalue weighted by Gasteiger charge is 2.49. The molecule has 2 aromatic heterocycles. The molecule has 0 aliphatic heterocycles. The van der Waals surface area contributed by atoms with Crippen molar-refractivity contribution >= 4 is 33.2 Å². The van der Waals surface area contributed by atoms with Crippen LogP contribution in [-0.4, -0.2) is 27.4 Å². The number of aromatic nitrogens is 3. The summed E-state index contributed by atoms with van der Waals surface area (Å²) in [7, 11) is 1.47. The van der Waals surface area contributed by atoms with Crippen molar-refractivity contribution in [2.75, 3.05) is 12.8 Å². The van der Waals surface area contributed by atoms with Gasteiger partial charge in [0.15, 0.2) is 5.82 Å². The van der Waals surface area contributed by atoms with Crippen LogP contribution in [0, 0.1) is 11.3 Å². The van der Waals surface area contributed by atoms with Gasteiger partial charge in [-0.1, -0.05) is 13.8 Å². The van der Waals surface area contributed by atoms with Crippen molar-refractivity contribution in [2.24, 2.45) is 11.3 Å². The Labute approximate surface area is 143 Å². The number of esters is 1. The number of hydrogen-bond acceptors (Lipinski definition) is 5. The van der Waals surface area contributed by atoms with E-state index in [9.17, 15) is 4.79 Å². The largest absolute Gasteiger partial charge is 0.469 e. The van der Waals surface area contributed by atoms with E-state index in [1.165, 1.54) is 7.11 Å². The van der Waals surface area contributed by atoms with Crippen molar-refractivity contribution in [3.05, 3.63) is 22.8 Å². The van der Waals surface area contributed by atoms with Gasteiger partial charge in [0.05, 0.1) is 12.5 Å². The number of imidazole rings is 1. The van der Waals surface area contributed by atoms with Gasteiger partial charge in [0, 0.05) is 18.3 Å². The standard InChI is InChI=1S/C16H21BrN4O2/c1-9(2)16(15(22)23-3)5-4-10(8-16)14-20-12(17)11-13(18)19-6-7-21(11)14/h6-7,9-10H,4-5,8H2,1-3H3,(H2,18,19)/t10-,16+/m0/s1. The van der Waals surface area contributed by atoms with Crippen LogP contribution in [0.3, 0.4) is 0 Å². The monoisotopic (exact) mass is 380 g/mol. The first-order valence-electron chi connectivity index (χ1n) is 7.77. The molecule has 1 aliphatic carbocycles. The predicted molar refractivity (Wildman–Crippen MR) is 91.0 cm³/mol. The minimum Gasteiger partial charge on any atom is -0.469 e. The minimum atomic E-state index is -0.434. The van der Waals surface area contributed by atoms with Crippen molar-refractivity contribution in [2.45, 2.75) is 39.0 Å². The number of rotatable bonds is 3. The molecule has 1 fully saturated rings. The van der Waals surface area contributed by atoms with E-state index in [1.54, 1.807) is 6.20 Å². The molecule has 0 aromatic carbocycles. The summed E-state index contributed by atoms with van der Waals surface area (Å²) in [6, 6.07) is 0. The zero-order valence-corrected chi connectivity index (χ0v) is 15.1. The van der Waals surface area contributed by atoms with Crippen molar-refractivity contribution in [1.82, 2.24) is 14.4 Å². The van der Waals surface area contributed by atoms with Crippen LogP contribution in [0.1, 0.15) is 44.9 Å². The predicted octanol–water partition coefficient (Wildman–Crippen LogP) is 3.16. The quantitative estimate of drug-likeness (QED) is 0.826. The van der Waals surface area contributed by atoms with Crippen LogP contribution in [0.15, 0.2) is 17.0 Å². The summed E-state index contributed by atoms with van der Waals surface area (Å²) in [5.41, 5.74) is 6.31. The number of nitrogens with zero attached hydrogens (tertiary/aromatic N) is 3. The van der Waals surface area contributed by atoms with Crippen LogP contribution >= 0.6 is 15.9 Å². The van der Waals surface area contributed by atoms with Crippen molar-refractivity contribution in [3.8, 4) is 0 Å². The average Bonchev–Trinajstić information content (AvgIpc) is 3.10. The Kier molecular flexibility index (Phi) is 4.08. The van der Waals surface area contributed by atoms with Gasteiger partial charge in [0.1, 0.15) is 15.9 Å². The number of halogens is 1. The molecule has 2 heterocycles. The molecule has 2 aromatic rings. The Morgan fingerprint density at radius 1 is 1.57 bits per heavy atom. The van der Waals surface area contributed by atoms with Crippen LogP contribution in [0.5, 0.6) is 0 Å². The zero-order chi connectivity index (χ0) is 16.8. The van der Waals surface area contributed by atoms with Gasteiger partial charge in [0.25, 0.3) is 0 Å². The summed E-state index contributed by atoms with van der Waals surface area (Å²) < 4.78 is 7.76. The maximum absolute atomic E-state index is 12.4. The first-order valence-corrected chi connectivity index (χ1v) is 8.56. The third-order valence-electron chi connectivity index (χ3n) is 5.18. The van der Waals surface area contributed by atoms with E-state index in [4.69, 9.17) is 10.5 Å². The first kappa shape index (κ1) is 16.2. The van der Waals surface area contributed by atoms with Crippen LogP contribution in [0.4, 0.5) is 5.82 Å². The fourth-order valence-corrected chi connectivity index (χ4v) is 4.35. The number of fused-ring (bicyclic) bond motifs is 1. The molecular weight excluding hydrogens is 360 g/mol. The SMILES string of the molecule is COC(=O)[C@]1(C(C)C)CC[C@H](c2nc(Br)c3c(N)nccn23)C1. The molecule has 1 saturated carbocycles. The van der Waals surface area contributed by atoms with Gasteiger partial charge >= 0.3 is 5.97 Å². The van der Waals surface area contributed by atoms with Crippen molar-refractivity contribution < 1.29 is 9.53 Å². The highest BCUT2D eigenvalue weighted by molar-refractivity contribution is 9.10. The van der Waals surface area contributed by atoms with E-state index >= 15 is 0 Å². The molecule has 1 aliphatic rings. The van der Waals surface area contributed by atoms with E-state index in [1.807, 2.05) is 10.6 Å². The second-order valence-electron chi connectivity index (χ2n) is 6.53. The summed E-state index contributed by atoms with van der Waals surface area (Å²) in [6.07, 6.45) is 6.00. The Bertz CT molecular complexity index is 758. The minimum absolute atomic E-state index is 0.115. The topological polar surface area (TPSA) is 82.5 Å². The molecule has 0 amide bonds. The lowest BCUT2D eigenvalue weighted by molar-refractivity contribution is -0.155. The van der Waals surface area contributed by atoms with Gasteiger partial charge in [-0.2, -0.15) is 0 Å². The molecule has 0 bridgehead atoms. The van der Waals surface area contributed by atoms with Crippen LogP contribution in [-0.2, 0) is 9.53 Å². The fraction of sp³-hybridized carbons (Fsp3) is 0.562. The zero-order valence-electron chi connectivity index (χ0n) is 13.5. The molecule has 0 unspecified atom stereocenters. The molecular formula is C16H21BrN4O2. The lowest BCUT2D eigenvalue weighted by Crippen LogP contribution is -2.35. The van der Waals surface area contributed by atoms with Gasteiger partial charge in [-0.25, -0.2) is 9.97 Å². The molecule has 23 heavy (non-hydrogen) atoms. The number of nitrogens with two attached hydrogens (primary N) is 1. The van der Waals surface area contributed by atoms with Crippen molar-refractivity contribution in [3.63, 3.8) is 0 Å². The van der Waals surface area contributed by atoms with Crippen molar-refractivity contribution in [1.29, 1.82) is 0 Å². The summed E-state index contributed by atoms with van der Waals surface area (Å²) in [6.45, 7) is 4.17. The second-order valence-corrected chi connectivity index (χ2v) is 7.29. The lowest BCUT2D eigenvalue weighted by Gasteiger charge is -2.30. The molecule has 0 saturated heterocycles. The number of carbonyl (C=O) groups is 1. The van der Waals surface area contributed by atoms with Crippen LogP contribution in [0.2, 0.25) is 0 Å². The van der Waals surface area contributed by atoms with E-state index in [0.717, 1.165) is 30.6 Å².